The molecule has 0 radical (unpaired) electrons. The van der Waals surface area contributed by atoms with Gasteiger partial charge in [0.05, 0.1) is 13.2 Å². The highest BCUT2D eigenvalue weighted by atomic mass is 16.5. The van der Waals surface area contributed by atoms with E-state index in [1.165, 1.54) is 12.3 Å². The molecule has 0 aliphatic heterocycles. The highest BCUT2D eigenvalue weighted by Crippen LogP contribution is 2.16. The molecule has 2 rings (SSSR count). The minimum Gasteiger partial charge on any atom is -0.494 e. The Morgan fingerprint density at radius 3 is 2.56 bits per heavy atom. The fraction of sp³-hybridized carbons (Fsp3) is 0.278. The van der Waals surface area contributed by atoms with Crippen molar-refractivity contribution in [2.45, 2.75) is 6.92 Å². The van der Waals surface area contributed by atoms with Crippen molar-refractivity contribution < 1.29 is 19.1 Å². The Balaban J connectivity index is 2.01. The number of methoxy groups -OCH3 is 1. The average molecular weight is 343 g/mol. The molecule has 0 fully saturated rings. The van der Waals surface area contributed by atoms with Gasteiger partial charge in [-0.3, -0.25) is 14.6 Å². The van der Waals surface area contributed by atoms with E-state index in [1.54, 1.807) is 37.4 Å². The summed E-state index contributed by atoms with van der Waals surface area (Å²) in [4.78, 5) is 28.3. The molecule has 132 valence electrons. The van der Waals surface area contributed by atoms with E-state index < -0.39 is 0 Å². The van der Waals surface area contributed by atoms with E-state index >= 15 is 0 Å². The first-order valence-corrected chi connectivity index (χ1v) is 7.91. The van der Waals surface area contributed by atoms with E-state index in [2.05, 4.69) is 15.6 Å². The van der Waals surface area contributed by atoms with E-state index in [1.807, 2.05) is 6.92 Å². The molecule has 7 nitrogen and oxygen atoms in total. The predicted octanol–water partition coefficient (Wildman–Crippen LogP) is 2.11. The highest BCUT2D eigenvalue weighted by molar-refractivity contribution is 6.05. The molecule has 0 saturated carbocycles. The summed E-state index contributed by atoms with van der Waals surface area (Å²) >= 11 is 0. The van der Waals surface area contributed by atoms with Crippen LogP contribution in [0.25, 0.3) is 0 Å². The summed E-state index contributed by atoms with van der Waals surface area (Å²) in [6.07, 6.45) is 1.43. The van der Waals surface area contributed by atoms with Crippen LogP contribution in [-0.2, 0) is 4.74 Å². The molecule has 1 aromatic heterocycles. The van der Waals surface area contributed by atoms with Crippen LogP contribution in [0.2, 0.25) is 0 Å². The third-order valence-corrected chi connectivity index (χ3v) is 3.27. The number of benzene rings is 1. The highest BCUT2D eigenvalue weighted by Gasteiger charge is 2.12. The van der Waals surface area contributed by atoms with Gasteiger partial charge in [-0.1, -0.05) is 0 Å². The van der Waals surface area contributed by atoms with E-state index in [-0.39, 0.29) is 17.5 Å². The summed E-state index contributed by atoms with van der Waals surface area (Å²) in [7, 11) is 1.55. The van der Waals surface area contributed by atoms with Crippen LogP contribution >= 0.6 is 0 Å². The van der Waals surface area contributed by atoms with Gasteiger partial charge in [0, 0.05) is 31.1 Å². The van der Waals surface area contributed by atoms with Crippen LogP contribution in [0, 0.1) is 0 Å². The van der Waals surface area contributed by atoms with Crippen LogP contribution in [-0.4, -0.2) is 43.7 Å². The summed E-state index contributed by atoms with van der Waals surface area (Å²) in [5.74, 6) is 0.0599. The lowest BCUT2D eigenvalue weighted by Gasteiger charge is -2.08. The lowest BCUT2D eigenvalue weighted by atomic mass is 10.2. The maximum Gasteiger partial charge on any atom is 0.269 e. The zero-order chi connectivity index (χ0) is 18.1. The predicted molar refractivity (Wildman–Crippen MR) is 94.0 cm³/mol. The largest absolute Gasteiger partial charge is 0.494 e. The fourth-order valence-corrected chi connectivity index (χ4v) is 2.06. The second-order valence-electron chi connectivity index (χ2n) is 5.09. The molecule has 2 amide bonds. The molecule has 2 N–H and O–H groups in total. The molecule has 0 unspecified atom stereocenters. The van der Waals surface area contributed by atoms with Gasteiger partial charge in [0.15, 0.2) is 0 Å². The van der Waals surface area contributed by atoms with Gasteiger partial charge in [0.1, 0.15) is 11.4 Å². The van der Waals surface area contributed by atoms with Crippen molar-refractivity contribution in [1.29, 1.82) is 0 Å². The number of anilines is 1. The van der Waals surface area contributed by atoms with Crippen molar-refractivity contribution in [1.82, 2.24) is 10.3 Å². The zero-order valence-electron chi connectivity index (χ0n) is 14.2. The molecule has 0 spiro atoms. The van der Waals surface area contributed by atoms with Crippen LogP contribution in [0.15, 0.2) is 42.6 Å². The van der Waals surface area contributed by atoms with E-state index in [0.717, 1.165) is 5.75 Å². The van der Waals surface area contributed by atoms with Crippen molar-refractivity contribution in [2.24, 2.45) is 0 Å². The second kappa shape index (κ2) is 9.39. The summed E-state index contributed by atoms with van der Waals surface area (Å²) < 4.78 is 10.2. The number of amides is 2. The van der Waals surface area contributed by atoms with Crippen LogP contribution < -0.4 is 15.4 Å². The van der Waals surface area contributed by atoms with Crippen molar-refractivity contribution in [3.8, 4) is 5.75 Å². The number of hydrogen-bond donors (Lipinski definition) is 2. The number of carbonyl (C=O) groups excluding carboxylic acids is 2. The summed E-state index contributed by atoms with van der Waals surface area (Å²) in [6, 6.07) is 10.1. The van der Waals surface area contributed by atoms with Gasteiger partial charge >= 0.3 is 0 Å². The lowest BCUT2D eigenvalue weighted by molar-refractivity contribution is 0.0932. The molecule has 0 aliphatic carbocycles. The average Bonchev–Trinajstić information content (AvgIpc) is 2.64. The van der Waals surface area contributed by atoms with Crippen molar-refractivity contribution in [2.75, 3.05) is 32.2 Å². The zero-order valence-corrected chi connectivity index (χ0v) is 14.2. The minimum atomic E-state index is -0.354. The summed E-state index contributed by atoms with van der Waals surface area (Å²) in [5, 5.41) is 5.43. The number of nitrogens with zero attached hydrogens (tertiary/aromatic N) is 1. The third-order valence-electron chi connectivity index (χ3n) is 3.27. The molecule has 1 aromatic carbocycles. The molecule has 0 saturated heterocycles. The molecule has 25 heavy (non-hydrogen) atoms. The quantitative estimate of drug-likeness (QED) is 0.717. The number of carbonyl (C=O) groups is 2. The van der Waals surface area contributed by atoms with Gasteiger partial charge in [0.2, 0.25) is 0 Å². The topological polar surface area (TPSA) is 89.5 Å². The molecule has 2 aromatic rings. The standard InChI is InChI=1S/C18H21N3O4/c1-3-25-15-6-4-14(5-7-15)21-17(22)13-8-9-19-16(12-13)18(23)20-10-11-24-2/h4-9,12H,3,10-11H2,1-2H3,(H,20,23)(H,21,22). The number of ether oxygens (including phenoxy) is 2. The Bertz CT molecular complexity index is 717. The Kier molecular flexibility index (Phi) is 6.91. The second-order valence-corrected chi connectivity index (χ2v) is 5.09. The number of aromatic nitrogens is 1. The Morgan fingerprint density at radius 1 is 1.12 bits per heavy atom. The monoisotopic (exact) mass is 343 g/mol. The van der Waals surface area contributed by atoms with Gasteiger partial charge in [-0.25, -0.2) is 0 Å². The summed E-state index contributed by atoms with van der Waals surface area (Å²) in [6.45, 7) is 3.27. The third kappa shape index (κ3) is 5.58. The van der Waals surface area contributed by atoms with E-state index in [4.69, 9.17) is 9.47 Å². The first kappa shape index (κ1) is 18.4. The number of pyridine rings is 1. The molecular weight excluding hydrogens is 322 g/mol. The van der Waals surface area contributed by atoms with Gasteiger partial charge in [-0.05, 0) is 43.3 Å². The van der Waals surface area contributed by atoms with Crippen LogP contribution in [0.1, 0.15) is 27.8 Å². The maximum atomic E-state index is 12.3. The molecular formula is C18H21N3O4. The lowest BCUT2D eigenvalue weighted by Crippen LogP contribution is -2.28. The fourth-order valence-electron chi connectivity index (χ4n) is 2.06. The number of nitrogens with one attached hydrogen (secondary N) is 2. The van der Waals surface area contributed by atoms with Crippen molar-refractivity contribution >= 4 is 17.5 Å². The minimum absolute atomic E-state index is 0.176. The first-order chi connectivity index (χ1) is 12.1. The molecule has 0 bridgehead atoms. The Labute approximate surface area is 146 Å². The van der Waals surface area contributed by atoms with Gasteiger partial charge in [0.25, 0.3) is 11.8 Å². The molecule has 1 heterocycles. The molecule has 0 atom stereocenters. The SMILES string of the molecule is CCOc1ccc(NC(=O)c2ccnc(C(=O)NCCOC)c2)cc1. The smallest absolute Gasteiger partial charge is 0.269 e. The van der Waals surface area contributed by atoms with Gasteiger partial charge < -0.3 is 20.1 Å². The van der Waals surface area contributed by atoms with Crippen molar-refractivity contribution in [3.05, 3.63) is 53.9 Å². The van der Waals surface area contributed by atoms with Gasteiger partial charge in [-0.2, -0.15) is 0 Å². The normalized spacial score (nSPS) is 10.2. The first-order valence-electron chi connectivity index (χ1n) is 7.91. The number of hydrogen-bond acceptors (Lipinski definition) is 5. The van der Waals surface area contributed by atoms with Gasteiger partial charge in [-0.15, -0.1) is 0 Å². The Hall–Kier alpha value is -2.93. The Morgan fingerprint density at radius 2 is 1.88 bits per heavy atom. The van der Waals surface area contributed by atoms with Crippen LogP contribution in [0.5, 0.6) is 5.75 Å². The van der Waals surface area contributed by atoms with Crippen molar-refractivity contribution in [3.63, 3.8) is 0 Å². The summed E-state index contributed by atoms with van der Waals surface area (Å²) in [5.41, 5.74) is 1.16. The van der Waals surface area contributed by atoms with E-state index in [0.29, 0.717) is 31.0 Å². The van der Waals surface area contributed by atoms with E-state index in [9.17, 15) is 9.59 Å². The van der Waals surface area contributed by atoms with Crippen LogP contribution in [0.4, 0.5) is 5.69 Å². The molecule has 0 aliphatic rings. The maximum absolute atomic E-state index is 12.3. The van der Waals surface area contributed by atoms with Crippen LogP contribution in [0.3, 0.4) is 0 Å². The number of rotatable bonds is 8. The molecule has 7 heteroatoms.